The Labute approximate surface area is 142 Å². The Morgan fingerprint density at radius 1 is 1.24 bits per heavy atom. The molecule has 0 saturated carbocycles. The summed E-state index contributed by atoms with van der Waals surface area (Å²) in [5, 5.41) is 10.5. The van der Waals surface area contributed by atoms with Gasteiger partial charge in [-0.3, -0.25) is 14.8 Å². The van der Waals surface area contributed by atoms with Gasteiger partial charge >= 0.3 is 0 Å². The van der Waals surface area contributed by atoms with Crippen LogP contribution in [-0.2, 0) is 17.9 Å². The zero-order valence-corrected chi connectivity index (χ0v) is 13.4. The molecule has 0 aliphatic carbocycles. The van der Waals surface area contributed by atoms with Gasteiger partial charge in [-0.25, -0.2) is 18.4 Å². The first-order valence-electron chi connectivity index (χ1n) is 7.57. The van der Waals surface area contributed by atoms with E-state index in [9.17, 15) is 13.6 Å². The fourth-order valence-electron chi connectivity index (χ4n) is 2.37. The number of aryl methyl sites for hydroxylation is 1. The normalized spacial score (nSPS) is 11.0. The van der Waals surface area contributed by atoms with Crippen LogP contribution in [0, 0.1) is 6.92 Å². The summed E-state index contributed by atoms with van der Waals surface area (Å²) in [6, 6.07) is 10.9. The van der Waals surface area contributed by atoms with Gasteiger partial charge in [0.25, 0.3) is 6.43 Å². The van der Waals surface area contributed by atoms with Crippen molar-refractivity contribution in [2.24, 2.45) is 0 Å². The van der Waals surface area contributed by atoms with Gasteiger partial charge in [-0.2, -0.15) is 5.10 Å². The molecule has 7 nitrogen and oxygen atoms in total. The minimum Gasteiger partial charge on any atom is -0.292 e. The van der Waals surface area contributed by atoms with Crippen molar-refractivity contribution in [1.29, 1.82) is 0 Å². The van der Waals surface area contributed by atoms with Gasteiger partial charge in [-0.05, 0) is 18.6 Å². The molecule has 0 aliphatic rings. The van der Waals surface area contributed by atoms with Gasteiger partial charge in [-0.1, -0.05) is 30.3 Å². The van der Waals surface area contributed by atoms with E-state index >= 15 is 0 Å². The summed E-state index contributed by atoms with van der Waals surface area (Å²) >= 11 is 0. The number of amides is 1. The molecule has 0 aliphatic heterocycles. The van der Waals surface area contributed by atoms with Crippen molar-refractivity contribution in [3.05, 3.63) is 59.7 Å². The molecule has 130 valence electrons. The molecule has 1 N–H and O–H groups in total. The lowest BCUT2D eigenvalue weighted by molar-refractivity contribution is -0.117. The first-order chi connectivity index (χ1) is 12.0. The Bertz CT molecular complexity index is 859. The maximum Gasteiger partial charge on any atom is 0.280 e. The average molecular weight is 346 g/mol. The van der Waals surface area contributed by atoms with Gasteiger partial charge in [0, 0.05) is 0 Å². The predicted octanol–water partition coefficient (Wildman–Crippen LogP) is 2.41. The molecule has 0 unspecified atom stereocenters. The minimum atomic E-state index is -2.70. The minimum absolute atomic E-state index is 0.114. The summed E-state index contributed by atoms with van der Waals surface area (Å²) in [5.41, 5.74) is 1.17. The Hall–Kier alpha value is -3.10. The molecule has 3 aromatic rings. The number of hydrogen-bond donors (Lipinski definition) is 1. The van der Waals surface area contributed by atoms with E-state index in [1.165, 1.54) is 12.4 Å². The number of carbonyl (C=O) groups is 1. The number of aromatic nitrogens is 5. The van der Waals surface area contributed by atoms with Crippen molar-refractivity contribution in [2.45, 2.75) is 26.4 Å². The van der Waals surface area contributed by atoms with Crippen molar-refractivity contribution >= 4 is 11.9 Å². The third-order valence-electron chi connectivity index (χ3n) is 3.43. The fourth-order valence-corrected chi connectivity index (χ4v) is 2.37. The van der Waals surface area contributed by atoms with E-state index in [1.807, 2.05) is 30.3 Å². The average Bonchev–Trinajstić information content (AvgIpc) is 3.14. The third-order valence-corrected chi connectivity index (χ3v) is 3.43. The number of alkyl halides is 2. The van der Waals surface area contributed by atoms with Crippen molar-refractivity contribution in [3.8, 4) is 0 Å². The molecule has 0 fully saturated rings. The zero-order chi connectivity index (χ0) is 17.8. The van der Waals surface area contributed by atoms with Crippen LogP contribution in [0.5, 0.6) is 0 Å². The Kier molecular flexibility index (Phi) is 4.82. The van der Waals surface area contributed by atoms with Gasteiger partial charge in [0.15, 0.2) is 0 Å². The van der Waals surface area contributed by atoms with Gasteiger partial charge in [0.05, 0.1) is 12.2 Å². The van der Waals surface area contributed by atoms with E-state index in [1.54, 1.807) is 11.6 Å². The van der Waals surface area contributed by atoms with Crippen molar-refractivity contribution in [2.75, 3.05) is 5.32 Å². The van der Waals surface area contributed by atoms with E-state index in [0.29, 0.717) is 12.2 Å². The summed E-state index contributed by atoms with van der Waals surface area (Å²) in [7, 11) is 0. The van der Waals surface area contributed by atoms with Crippen LogP contribution in [0.3, 0.4) is 0 Å². The van der Waals surface area contributed by atoms with Crippen LogP contribution >= 0.6 is 0 Å². The van der Waals surface area contributed by atoms with E-state index in [-0.39, 0.29) is 18.2 Å². The smallest absolute Gasteiger partial charge is 0.280 e. The molecule has 0 saturated heterocycles. The monoisotopic (exact) mass is 346 g/mol. The first-order valence-corrected chi connectivity index (χ1v) is 7.57. The van der Waals surface area contributed by atoms with Crippen molar-refractivity contribution < 1.29 is 13.6 Å². The number of anilines is 1. The highest BCUT2D eigenvalue weighted by molar-refractivity contribution is 5.88. The summed E-state index contributed by atoms with van der Waals surface area (Å²) < 4.78 is 28.4. The number of halogens is 2. The largest absolute Gasteiger partial charge is 0.292 e. The summed E-state index contributed by atoms with van der Waals surface area (Å²) in [5.74, 6) is -0.411. The molecule has 1 amide bonds. The highest BCUT2D eigenvalue weighted by atomic mass is 19.3. The molecule has 0 atom stereocenters. The van der Waals surface area contributed by atoms with Crippen molar-refractivity contribution in [1.82, 2.24) is 24.5 Å². The van der Waals surface area contributed by atoms with E-state index in [2.05, 4.69) is 20.5 Å². The van der Waals surface area contributed by atoms with E-state index < -0.39 is 12.3 Å². The number of rotatable bonds is 6. The van der Waals surface area contributed by atoms with Gasteiger partial charge < -0.3 is 0 Å². The highest BCUT2D eigenvalue weighted by Gasteiger charge is 2.18. The standard InChI is InChI=1S/C16H16F2N6O/c1-11-7-13(15(17)18)24(21-11)9-14(25)20-16-19-10-23(22-16)8-12-5-3-2-4-6-12/h2-7,10,15H,8-9H2,1H3,(H,20,22,25). The van der Waals surface area contributed by atoms with Gasteiger partial charge in [0.1, 0.15) is 18.6 Å². The van der Waals surface area contributed by atoms with Crippen LogP contribution < -0.4 is 5.32 Å². The molecular formula is C16H16F2N6O. The molecule has 0 spiro atoms. The Morgan fingerprint density at radius 3 is 2.72 bits per heavy atom. The second kappa shape index (κ2) is 7.20. The second-order valence-corrected chi connectivity index (χ2v) is 5.47. The molecule has 3 rings (SSSR count). The third kappa shape index (κ3) is 4.25. The number of hydrogen-bond acceptors (Lipinski definition) is 4. The molecule has 9 heteroatoms. The molecular weight excluding hydrogens is 330 g/mol. The highest BCUT2D eigenvalue weighted by Crippen LogP contribution is 2.19. The van der Waals surface area contributed by atoms with Crippen LogP contribution in [0.15, 0.2) is 42.7 Å². The molecule has 2 heterocycles. The number of benzene rings is 1. The first kappa shape index (κ1) is 16.7. The van der Waals surface area contributed by atoms with Gasteiger partial charge in [-0.15, -0.1) is 5.10 Å². The van der Waals surface area contributed by atoms with Crippen LogP contribution in [0.2, 0.25) is 0 Å². The zero-order valence-electron chi connectivity index (χ0n) is 13.4. The number of nitrogens with one attached hydrogen (secondary N) is 1. The maximum atomic E-state index is 12.9. The van der Waals surface area contributed by atoms with Crippen LogP contribution in [0.4, 0.5) is 14.7 Å². The second-order valence-electron chi connectivity index (χ2n) is 5.47. The number of carbonyl (C=O) groups excluding carboxylic acids is 1. The summed E-state index contributed by atoms with van der Waals surface area (Å²) in [4.78, 5) is 16.0. The predicted molar refractivity (Wildman–Crippen MR) is 86.1 cm³/mol. The molecule has 1 aromatic carbocycles. The topological polar surface area (TPSA) is 77.6 Å². The maximum absolute atomic E-state index is 12.9. The van der Waals surface area contributed by atoms with E-state index in [0.717, 1.165) is 10.2 Å². The lowest BCUT2D eigenvalue weighted by Crippen LogP contribution is -2.21. The fraction of sp³-hybridized carbons (Fsp3) is 0.250. The van der Waals surface area contributed by atoms with Crippen LogP contribution in [0.1, 0.15) is 23.4 Å². The van der Waals surface area contributed by atoms with Gasteiger partial charge in [0.2, 0.25) is 11.9 Å². The molecule has 2 aromatic heterocycles. The van der Waals surface area contributed by atoms with E-state index in [4.69, 9.17) is 0 Å². The molecule has 0 radical (unpaired) electrons. The Balaban J connectivity index is 1.62. The van der Waals surface area contributed by atoms with Crippen LogP contribution in [-0.4, -0.2) is 30.5 Å². The Morgan fingerprint density at radius 2 is 2.00 bits per heavy atom. The SMILES string of the molecule is Cc1cc(C(F)F)n(CC(=O)Nc2ncn(Cc3ccccc3)n2)n1. The quantitative estimate of drug-likeness (QED) is 0.743. The van der Waals surface area contributed by atoms with Crippen LogP contribution in [0.25, 0.3) is 0 Å². The summed E-state index contributed by atoms with van der Waals surface area (Å²) in [6.07, 6.45) is -1.21. The number of nitrogens with zero attached hydrogens (tertiary/aromatic N) is 5. The molecule has 25 heavy (non-hydrogen) atoms. The van der Waals surface area contributed by atoms with Crippen molar-refractivity contribution in [3.63, 3.8) is 0 Å². The lowest BCUT2D eigenvalue weighted by Gasteiger charge is -2.06. The molecule has 0 bridgehead atoms. The lowest BCUT2D eigenvalue weighted by atomic mass is 10.2. The summed E-state index contributed by atoms with van der Waals surface area (Å²) in [6.45, 7) is 1.77.